The molecule has 2 rings (SSSR count). The number of carbonyl (C=O) groups excluding carboxylic acids is 1. The zero-order valence-electron chi connectivity index (χ0n) is 11.7. The lowest BCUT2D eigenvalue weighted by Gasteiger charge is -2.15. The van der Waals surface area contributed by atoms with Crippen LogP contribution in [0.25, 0.3) is 0 Å². The SMILES string of the molecule is CC(C)[C@@H](N)C(=O)Nc1cccc(Cn2cncn2)c1. The first-order valence-corrected chi connectivity index (χ1v) is 6.54. The second-order valence-corrected chi connectivity index (χ2v) is 5.05. The Balaban J connectivity index is 2.04. The van der Waals surface area contributed by atoms with Crippen LogP contribution < -0.4 is 11.1 Å². The molecule has 1 aromatic heterocycles. The molecule has 0 aliphatic rings. The molecule has 0 bridgehead atoms. The normalized spacial score (nSPS) is 12.4. The van der Waals surface area contributed by atoms with Gasteiger partial charge < -0.3 is 11.1 Å². The summed E-state index contributed by atoms with van der Waals surface area (Å²) in [6.45, 7) is 4.46. The fourth-order valence-electron chi connectivity index (χ4n) is 1.78. The van der Waals surface area contributed by atoms with Crippen LogP contribution in [0.5, 0.6) is 0 Å². The third-order valence-corrected chi connectivity index (χ3v) is 3.03. The monoisotopic (exact) mass is 273 g/mol. The lowest BCUT2D eigenvalue weighted by molar-refractivity contribution is -0.118. The first-order chi connectivity index (χ1) is 9.56. The number of anilines is 1. The number of hydrogen-bond acceptors (Lipinski definition) is 4. The summed E-state index contributed by atoms with van der Waals surface area (Å²) in [6.07, 6.45) is 3.15. The van der Waals surface area contributed by atoms with E-state index in [-0.39, 0.29) is 11.8 Å². The van der Waals surface area contributed by atoms with E-state index in [2.05, 4.69) is 15.4 Å². The van der Waals surface area contributed by atoms with E-state index in [1.807, 2.05) is 38.1 Å². The molecule has 20 heavy (non-hydrogen) atoms. The van der Waals surface area contributed by atoms with Crippen molar-refractivity contribution in [1.82, 2.24) is 14.8 Å². The smallest absolute Gasteiger partial charge is 0.241 e. The molecule has 0 aliphatic heterocycles. The molecule has 0 radical (unpaired) electrons. The summed E-state index contributed by atoms with van der Waals surface area (Å²) in [5.74, 6) is -0.0637. The van der Waals surface area contributed by atoms with Gasteiger partial charge in [-0.25, -0.2) is 9.67 Å². The Bertz CT molecular complexity index is 565. The predicted octanol–water partition coefficient (Wildman–Crippen LogP) is 1.25. The van der Waals surface area contributed by atoms with Gasteiger partial charge in [0, 0.05) is 5.69 Å². The van der Waals surface area contributed by atoms with Crippen LogP contribution in [-0.2, 0) is 11.3 Å². The Morgan fingerprint density at radius 3 is 2.90 bits per heavy atom. The summed E-state index contributed by atoms with van der Waals surface area (Å²) < 4.78 is 1.72. The summed E-state index contributed by atoms with van der Waals surface area (Å²) in [4.78, 5) is 15.8. The van der Waals surface area contributed by atoms with Crippen molar-refractivity contribution >= 4 is 11.6 Å². The highest BCUT2D eigenvalue weighted by Crippen LogP contribution is 2.12. The lowest BCUT2D eigenvalue weighted by Crippen LogP contribution is -2.39. The van der Waals surface area contributed by atoms with Crippen LogP contribution in [0.3, 0.4) is 0 Å². The highest BCUT2D eigenvalue weighted by molar-refractivity contribution is 5.94. The summed E-state index contributed by atoms with van der Waals surface area (Å²) >= 11 is 0. The highest BCUT2D eigenvalue weighted by atomic mass is 16.2. The molecule has 0 saturated heterocycles. The third kappa shape index (κ3) is 3.64. The van der Waals surface area contributed by atoms with E-state index >= 15 is 0 Å². The molecule has 2 aromatic rings. The molecule has 0 fully saturated rings. The van der Waals surface area contributed by atoms with Crippen molar-refractivity contribution in [1.29, 1.82) is 0 Å². The minimum absolute atomic E-state index is 0.105. The summed E-state index contributed by atoms with van der Waals surface area (Å²) in [7, 11) is 0. The molecular formula is C14H19N5O. The van der Waals surface area contributed by atoms with Gasteiger partial charge >= 0.3 is 0 Å². The van der Waals surface area contributed by atoms with E-state index in [0.717, 1.165) is 11.3 Å². The Hall–Kier alpha value is -2.21. The van der Waals surface area contributed by atoms with Gasteiger partial charge in [-0.3, -0.25) is 4.79 Å². The van der Waals surface area contributed by atoms with E-state index in [1.165, 1.54) is 6.33 Å². The molecule has 1 aromatic carbocycles. The Morgan fingerprint density at radius 2 is 2.25 bits per heavy atom. The Kier molecular flexibility index (Phi) is 4.47. The standard InChI is InChI=1S/C14H19N5O/c1-10(2)13(15)14(20)18-12-5-3-4-11(6-12)7-19-9-16-8-17-19/h3-6,8-10,13H,7,15H2,1-2H3,(H,18,20)/t13-/m1/s1. The quantitative estimate of drug-likeness (QED) is 0.858. The number of aromatic nitrogens is 3. The van der Waals surface area contributed by atoms with Crippen LogP contribution >= 0.6 is 0 Å². The molecule has 1 amide bonds. The van der Waals surface area contributed by atoms with Gasteiger partial charge in [-0.2, -0.15) is 5.10 Å². The van der Waals surface area contributed by atoms with Gasteiger partial charge in [0.25, 0.3) is 0 Å². The maximum absolute atomic E-state index is 11.9. The molecule has 1 heterocycles. The number of nitrogens with zero attached hydrogens (tertiary/aromatic N) is 3. The zero-order valence-corrected chi connectivity index (χ0v) is 11.7. The van der Waals surface area contributed by atoms with E-state index in [9.17, 15) is 4.79 Å². The molecule has 0 aliphatic carbocycles. The Labute approximate surface area is 118 Å². The van der Waals surface area contributed by atoms with Crippen molar-refractivity contribution in [2.75, 3.05) is 5.32 Å². The maximum atomic E-state index is 11.9. The number of amides is 1. The number of benzene rings is 1. The topological polar surface area (TPSA) is 85.8 Å². The van der Waals surface area contributed by atoms with Gasteiger partial charge in [0.05, 0.1) is 12.6 Å². The molecule has 6 nitrogen and oxygen atoms in total. The number of nitrogens with one attached hydrogen (secondary N) is 1. The van der Waals surface area contributed by atoms with Crippen molar-refractivity contribution < 1.29 is 4.79 Å². The number of hydrogen-bond donors (Lipinski definition) is 2. The summed E-state index contributed by atoms with van der Waals surface area (Å²) in [6, 6.07) is 7.11. The molecule has 0 saturated carbocycles. The molecule has 3 N–H and O–H groups in total. The number of rotatable bonds is 5. The van der Waals surface area contributed by atoms with Crippen LogP contribution in [0.4, 0.5) is 5.69 Å². The van der Waals surface area contributed by atoms with Crippen molar-refractivity contribution in [2.24, 2.45) is 11.7 Å². The average Bonchev–Trinajstić information content (AvgIpc) is 2.91. The minimum atomic E-state index is -0.506. The van der Waals surface area contributed by atoms with E-state index in [1.54, 1.807) is 11.0 Å². The molecule has 0 spiro atoms. The second kappa shape index (κ2) is 6.29. The van der Waals surface area contributed by atoms with Crippen molar-refractivity contribution in [2.45, 2.75) is 26.4 Å². The van der Waals surface area contributed by atoms with Crippen molar-refractivity contribution in [3.63, 3.8) is 0 Å². The molecule has 0 unspecified atom stereocenters. The number of carbonyl (C=O) groups is 1. The molecule has 106 valence electrons. The first-order valence-electron chi connectivity index (χ1n) is 6.54. The third-order valence-electron chi connectivity index (χ3n) is 3.03. The van der Waals surface area contributed by atoms with Gasteiger partial charge in [0.15, 0.2) is 0 Å². The van der Waals surface area contributed by atoms with Crippen molar-refractivity contribution in [3.8, 4) is 0 Å². The minimum Gasteiger partial charge on any atom is -0.325 e. The summed E-state index contributed by atoms with van der Waals surface area (Å²) in [5, 5.41) is 6.89. The summed E-state index contributed by atoms with van der Waals surface area (Å²) in [5.41, 5.74) is 7.59. The van der Waals surface area contributed by atoms with Gasteiger partial charge in [0.1, 0.15) is 12.7 Å². The highest BCUT2D eigenvalue weighted by Gasteiger charge is 2.17. The first kappa shape index (κ1) is 14.2. The number of nitrogens with two attached hydrogens (primary N) is 1. The van der Waals surface area contributed by atoms with Crippen LogP contribution in [0.2, 0.25) is 0 Å². The van der Waals surface area contributed by atoms with E-state index in [0.29, 0.717) is 6.54 Å². The molecular weight excluding hydrogens is 254 g/mol. The van der Waals surface area contributed by atoms with Gasteiger partial charge in [-0.05, 0) is 23.6 Å². The largest absolute Gasteiger partial charge is 0.325 e. The van der Waals surface area contributed by atoms with Crippen LogP contribution in [0.15, 0.2) is 36.9 Å². The van der Waals surface area contributed by atoms with Crippen LogP contribution in [-0.4, -0.2) is 26.7 Å². The van der Waals surface area contributed by atoms with Gasteiger partial charge in [-0.15, -0.1) is 0 Å². The molecule has 6 heteroatoms. The molecule has 1 atom stereocenters. The fraction of sp³-hybridized carbons (Fsp3) is 0.357. The second-order valence-electron chi connectivity index (χ2n) is 5.05. The average molecular weight is 273 g/mol. The predicted molar refractivity (Wildman–Crippen MR) is 77.0 cm³/mol. The van der Waals surface area contributed by atoms with Gasteiger partial charge in [0.2, 0.25) is 5.91 Å². The fourth-order valence-corrected chi connectivity index (χ4v) is 1.78. The zero-order chi connectivity index (χ0) is 14.5. The Morgan fingerprint density at radius 1 is 1.45 bits per heavy atom. The van der Waals surface area contributed by atoms with E-state index in [4.69, 9.17) is 5.73 Å². The van der Waals surface area contributed by atoms with Crippen LogP contribution in [0.1, 0.15) is 19.4 Å². The maximum Gasteiger partial charge on any atom is 0.241 e. The van der Waals surface area contributed by atoms with Gasteiger partial charge in [-0.1, -0.05) is 26.0 Å². The lowest BCUT2D eigenvalue weighted by atomic mass is 10.0. The van der Waals surface area contributed by atoms with Crippen LogP contribution in [0, 0.1) is 5.92 Å². The van der Waals surface area contributed by atoms with Crippen molar-refractivity contribution in [3.05, 3.63) is 42.5 Å². The van der Waals surface area contributed by atoms with E-state index < -0.39 is 6.04 Å².